The molecule has 2 aromatic heterocycles. The highest BCUT2D eigenvalue weighted by Gasteiger charge is 2.18. The van der Waals surface area contributed by atoms with Crippen LogP contribution in [0.3, 0.4) is 0 Å². The summed E-state index contributed by atoms with van der Waals surface area (Å²) in [6.45, 7) is 0. The van der Waals surface area contributed by atoms with Crippen LogP contribution in [0, 0.1) is 0 Å². The van der Waals surface area contributed by atoms with Gasteiger partial charge in [-0.1, -0.05) is 97.1 Å². The molecular formula is C44H26N4O2. The fraction of sp³-hybridized carbons (Fsp3) is 0. The summed E-state index contributed by atoms with van der Waals surface area (Å²) in [7, 11) is 0. The highest BCUT2D eigenvalue weighted by molar-refractivity contribution is 6.29. The molecule has 8 aromatic carbocycles. The summed E-state index contributed by atoms with van der Waals surface area (Å²) in [4.78, 5) is 0. The first-order chi connectivity index (χ1) is 24.8. The molecule has 50 heavy (non-hydrogen) atoms. The molecule has 0 atom stereocenters. The number of hydrogen-bond donors (Lipinski definition) is 0. The molecule has 0 saturated heterocycles. The third-order valence-electron chi connectivity index (χ3n) is 9.40. The van der Waals surface area contributed by atoms with Gasteiger partial charge in [0.05, 0.1) is 0 Å². The molecule has 0 spiro atoms. The van der Waals surface area contributed by atoms with Gasteiger partial charge in [0.25, 0.3) is 0 Å². The fourth-order valence-electron chi connectivity index (χ4n) is 6.99. The first-order valence-electron chi connectivity index (χ1n) is 16.5. The minimum Gasteiger partial charge on any atom is -0.416 e. The molecule has 0 aliphatic rings. The van der Waals surface area contributed by atoms with Gasteiger partial charge in [0.1, 0.15) is 0 Å². The van der Waals surface area contributed by atoms with E-state index in [0.29, 0.717) is 23.6 Å². The second kappa shape index (κ2) is 11.4. The van der Waals surface area contributed by atoms with E-state index in [2.05, 4.69) is 117 Å². The normalized spacial score (nSPS) is 11.6. The summed E-state index contributed by atoms with van der Waals surface area (Å²) >= 11 is 0. The summed E-state index contributed by atoms with van der Waals surface area (Å²) in [6, 6.07) is 54.2. The molecular weight excluding hydrogens is 617 g/mol. The minimum absolute atomic E-state index is 0.500. The molecule has 6 heteroatoms. The molecule has 0 radical (unpaired) electrons. The van der Waals surface area contributed by atoms with E-state index in [-0.39, 0.29) is 0 Å². The SMILES string of the molecule is c1ccc(-c2nnc(-c3ccc(-c4cc5cccc6c(-c7ccc(-c8nnc(-c9ccccc9)o8)cc7)cc7cccc4c7c56)cc3)o2)cc1. The zero-order valence-electron chi connectivity index (χ0n) is 26.6. The van der Waals surface area contributed by atoms with Crippen molar-refractivity contribution in [2.45, 2.75) is 0 Å². The number of benzene rings is 8. The minimum atomic E-state index is 0.500. The molecule has 0 saturated carbocycles. The van der Waals surface area contributed by atoms with E-state index in [1.807, 2.05) is 60.7 Å². The summed E-state index contributed by atoms with van der Waals surface area (Å²) in [6.07, 6.45) is 0. The lowest BCUT2D eigenvalue weighted by atomic mass is 9.85. The molecule has 0 amide bonds. The maximum Gasteiger partial charge on any atom is 0.248 e. The Morgan fingerprint density at radius 2 is 0.640 bits per heavy atom. The van der Waals surface area contributed by atoms with E-state index in [9.17, 15) is 0 Å². The second-order valence-electron chi connectivity index (χ2n) is 12.4. The summed E-state index contributed by atoms with van der Waals surface area (Å²) < 4.78 is 12.0. The standard InChI is InChI=1S/C44H26N4O2/c1-3-9-29(10-4-1)41-45-47-43(49-41)31-21-17-27(18-22-31)37-25-33-13-8-16-36-38(26-34-14-7-15-35(37)39(34)40(33)36)28-19-23-32(24-20-28)44-48-46-42(50-44)30-11-5-2-6-12-30/h1-26H. The van der Waals surface area contributed by atoms with Crippen molar-refractivity contribution in [1.82, 2.24) is 20.4 Å². The van der Waals surface area contributed by atoms with Gasteiger partial charge < -0.3 is 8.83 Å². The van der Waals surface area contributed by atoms with E-state index in [0.717, 1.165) is 33.4 Å². The smallest absolute Gasteiger partial charge is 0.248 e. The van der Waals surface area contributed by atoms with Gasteiger partial charge in [-0.25, -0.2) is 0 Å². The number of nitrogens with zero attached hydrogens (tertiary/aromatic N) is 4. The summed E-state index contributed by atoms with van der Waals surface area (Å²) in [5.74, 6) is 2.02. The van der Waals surface area contributed by atoms with Gasteiger partial charge in [-0.15, -0.1) is 20.4 Å². The van der Waals surface area contributed by atoms with E-state index < -0.39 is 0 Å². The van der Waals surface area contributed by atoms with Crippen LogP contribution in [0.1, 0.15) is 0 Å². The summed E-state index contributed by atoms with van der Waals surface area (Å²) in [5, 5.41) is 24.5. The monoisotopic (exact) mass is 642 g/mol. The van der Waals surface area contributed by atoms with Crippen LogP contribution in [-0.4, -0.2) is 20.4 Å². The number of aromatic nitrogens is 4. The van der Waals surface area contributed by atoms with Crippen LogP contribution in [0.5, 0.6) is 0 Å². The molecule has 0 unspecified atom stereocenters. The predicted molar refractivity (Wildman–Crippen MR) is 198 cm³/mol. The maximum atomic E-state index is 6.02. The van der Waals surface area contributed by atoms with Crippen molar-refractivity contribution in [3.63, 3.8) is 0 Å². The molecule has 0 fully saturated rings. The van der Waals surface area contributed by atoms with Crippen molar-refractivity contribution in [1.29, 1.82) is 0 Å². The van der Waals surface area contributed by atoms with E-state index in [4.69, 9.17) is 8.83 Å². The van der Waals surface area contributed by atoms with Gasteiger partial charge in [0.2, 0.25) is 23.6 Å². The molecule has 0 N–H and O–H groups in total. The van der Waals surface area contributed by atoms with Crippen LogP contribution < -0.4 is 0 Å². The first kappa shape index (κ1) is 28.1. The third kappa shape index (κ3) is 4.65. The van der Waals surface area contributed by atoms with Crippen LogP contribution in [0.2, 0.25) is 0 Å². The number of rotatable bonds is 6. The Morgan fingerprint density at radius 1 is 0.300 bits per heavy atom. The Kier molecular flexibility index (Phi) is 6.39. The van der Waals surface area contributed by atoms with Crippen molar-refractivity contribution in [3.05, 3.63) is 158 Å². The molecule has 0 aliphatic heterocycles. The molecule has 0 aliphatic carbocycles. The molecule has 10 rings (SSSR count). The molecule has 2 heterocycles. The van der Waals surface area contributed by atoms with Crippen molar-refractivity contribution < 1.29 is 8.83 Å². The van der Waals surface area contributed by atoms with Gasteiger partial charge in [0.15, 0.2) is 0 Å². The van der Waals surface area contributed by atoms with E-state index in [1.165, 1.54) is 43.4 Å². The Bertz CT molecular complexity index is 2590. The van der Waals surface area contributed by atoms with Crippen LogP contribution >= 0.6 is 0 Å². The Labute approximate surface area is 286 Å². The zero-order valence-corrected chi connectivity index (χ0v) is 26.6. The predicted octanol–water partition coefficient (Wildman–Crippen LogP) is 11.4. The summed E-state index contributed by atoms with van der Waals surface area (Å²) in [5.41, 5.74) is 8.19. The number of hydrogen-bond acceptors (Lipinski definition) is 6. The largest absolute Gasteiger partial charge is 0.416 e. The molecule has 0 bridgehead atoms. The average Bonchev–Trinajstić information content (AvgIpc) is 3.89. The van der Waals surface area contributed by atoms with Gasteiger partial charge in [-0.05, 0) is 115 Å². The topological polar surface area (TPSA) is 77.8 Å². The van der Waals surface area contributed by atoms with Crippen LogP contribution in [-0.2, 0) is 0 Å². The van der Waals surface area contributed by atoms with Crippen LogP contribution in [0.25, 0.3) is 100 Å². The zero-order chi connectivity index (χ0) is 33.0. The van der Waals surface area contributed by atoms with Crippen LogP contribution in [0.15, 0.2) is 167 Å². The van der Waals surface area contributed by atoms with Crippen molar-refractivity contribution in [2.75, 3.05) is 0 Å². The quantitative estimate of drug-likeness (QED) is 0.168. The Morgan fingerprint density at radius 3 is 1.02 bits per heavy atom. The molecule has 234 valence electrons. The van der Waals surface area contributed by atoms with Gasteiger partial charge in [0, 0.05) is 22.3 Å². The Balaban J connectivity index is 1.02. The second-order valence-corrected chi connectivity index (χ2v) is 12.4. The fourth-order valence-corrected chi connectivity index (χ4v) is 6.99. The molecule has 10 aromatic rings. The Hall–Kier alpha value is -6.92. The van der Waals surface area contributed by atoms with Crippen molar-refractivity contribution in [2.24, 2.45) is 0 Å². The van der Waals surface area contributed by atoms with Gasteiger partial charge in [-0.3, -0.25) is 0 Å². The van der Waals surface area contributed by atoms with E-state index in [1.54, 1.807) is 0 Å². The lowest BCUT2D eigenvalue weighted by Crippen LogP contribution is -1.91. The molecule has 6 nitrogen and oxygen atoms in total. The first-order valence-corrected chi connectivity index (χ1v) is 16.5. The highest BCUT2D eigenvalue weighted by Crippen LogP contribution is 2.44. The average molecular weight is 643 g/mol. The third-order valence-corrected chi connectivity index (χ3v) is 9.40. The van der Waals surface area contributed by atoms with Crippen LogP contribution in [0.4, 0.5) is 0 Å². The van der Waals surface area contributed by atoms with Gasteiger partial charge >= 0.3 is 0 Å². The lowest BCUT2D eigenvalue weighted by molar-refractivity contribution is 0.584. The van der Waals surface area contributed by atoms with Gasteiger partial charge in [-0.2, -0.15) is 0 Å². The van der Waals surface area contributed by atoms with Crippen molar-refractivity contribution in [3.8, 4) is 68.1 Å². The van der Waals surface area contributed by atoms with E-state index >= 15 is 0 Å². The maximum absolute atomic E-state index is 6.02. The lowest BCUT2D eigenvalue weighted by Gasteiger charge is -2.18. The van der Waals surface area contributed by atoms with Crippen molar-refractivity contribution >= 4 is 32.3 Å². The highest BCUT2D eigenvalue weighted by atomic mass is 16.4.